The third-order valence-corrected chi connectivity index (χ3v) is 10.8. The average molecular weight is 844 g/mol. The monoisotopic (exact) mass is 843 g/mol. The van der Waals surface area contributed by atoms with Crippen molar-refractivity contribution in [2.24, 2.45) is 0 Å². The number of nitrogens with zero attached hydrogens (tertiary/aromatic N) is 5. The summed E-state index contributed by atoms with van der Waals surface area (Å²) in [5, 5.41) is 0.598. The molecule has 0 spiro atoms. The van der Waals surface area contributed by atoms with Gasteiger partial charge >= 0.3 is 18.5 Å². The van der Waals surface area contributed by atoms with Gasteiger partial charge in [0.25, 0.3) is 0 Å². The van der Waals surface area contributed by atoms with E-state index in [0.29, 0.717) is 11.1 Å². The lowest BCUT2D eigenvalue weighted by Gasteiger charge is -2.23. The summed E-state index contributed by atoms with van der Waals surface area (Å²) in [5.74, 6) is 0.352. The van der Waals surface area contributed by atoms with Crippen LogP contribution in [-0.2, 0) is 18.5 Å². The highest BCUT2D eigenvalue weighted by Crippen LogP contribution is 2.47. The molecule has 306 valence electrons. The van der Waals surface area contributed by atoms with Gasteiger partial charge < -0.3 is 9.13 Å². The largest absolute Gasteiger partial charge is 0.420 e. The Morgan fingerprint density at radius 3 is 1.06 bits per heavy atom. The van der Waals surface area contributed by atoms with E-state index in [4.69, 9.17) is 15.0 Å². The molecule has 0 amide bonds. The smallest absolute Gasteiger partial charge is 0.309 e. The van der Waals surface area contributed by atoms with Crippen LogP contribution in [0.4, 0.5) is 39.5 Å². The van der Waals surface area contributed by atoms with Crippen molar-refractivity contribution >= 4 is 43.6 Å². The zero-order valence-electron chi connectivity index (χ0n) is 31.6. The fourth-order valence-electron chi connectivity index (χ4n) is 8.14. The first kappa shape index (κ1) is 38.7. The zero-order chi connectivity index (χ0) is 43.1. The lowest BCUT2D eigenvalue weighted by atomic mass is 10.0. The van der Waals surface area contributed by atoms with Crippen LogP contribution in [0.5, 0.6) is 0 Å². The molecule has 0 aliphatic carbocycles. The van der Waals surface area contributed by atoms with E-state index in [1.807, 2.05) is 0 Å². The maximum atomic E-state index is 16.3. The standard InChI is InChI=1S/C48H26F9N5/c49-46(50,51)30-19-21-38-34(25-30)32-15-7-9-17-36(32)61(38)40-23-29(45-59-43(27-11-3-1-4-12-27)58-44(60-45)28-13-5-2-6-14-28)24-41(42(40)48(55,56)57)62-37-18-10-8-16-33(37)35-26-31(47(52,53)54)20-22-39(35)62/h1-26H. The van der Waals surface area contributed by atoms with E-state index in [-0.39, 0.29) is 66.6 Å². The van der Waals surface area contributed by atoms with Crippen LogP contribution in [0.1, 0.15) is 16.7 Å². The predicted molar refractivity (Wildman–Crippen MR) is 220 cm³/mol. The van der Waals surface area contributed by atoms with Crippen molar-refractivity contribution in [1.29, 1.82) is 0 Å². The van der Waals surface area contributed by atoms with Crippen LogP contribution in [-0.4, -0.2) is 24.1 Å². The summed E-state index contributed by atoms with van der Waals surface area (Å²) in [6, 6.07) is 38.3. The van der Waals surface area contributed by atoms with Gasteiger partial charge in [-0.05, 0) is 60.7 Å². The number of alkyl halides is 9. The number of hydrogen-bond donors (Lipinski definition) is 0. The minimum atomic E-state index is -5.17. The highest BCUT2D eigenvalue weighted by atomic mass is 19.4. The van der Waals surface area contributed by atoms with Crippen molar-refractivity contribution in [3.63, 3.8) is 0 Å². The van der Waals surface area contributed by atoms with E-state index in [0.717, 1.165) is 36.4 Å². The van der Waals surface area contributed by atoms with Crippen molar-refractivity contribution in [2.75, 3.05) is 0 Å². The van der Waals surface area contributed by atoms with Crippen LogP contribution >= 0.6 is 0 Å². The Morgan fingerprint density at radius 2 is 0.677 bits per heavy atom. The molecule has 0 saturated carbocycles. The molecule has 7 aromatic carbocycles. The fraction of sp³-hybridized carbons (Fsp3) is 0.0625. The summed E-state index contributed by atoms with van der Waals surface area (Å²) in [6.45, 7) is 0. The van der Waals surface area contributed by atoms with Crippen molar-refractivity contribution in [1.82, 2.24) is 24.1 Å². The molecule has 10 rings (SSSR count). The number of rotatable bonds is 5. The van der Waals surface area contributed by atoms with E-state index < -0.39 is 46.6 Å². The van der Waals surface area contributed by atoms with E-state index in [2.05, 4.69) is 0 Å². The first-order valence-corrected chi connectivity index (χ1v) is 19.0. The molecule has 5 nitrogen and oxygen atoms in total. The minimum Gasteiger partial charge on any atom is -0.309 e. The summed E-state index contributed by atoms with van der Waals surface area (Å²) in [5.41, 5.74) is -2.57. The minimum absolute atomic E-state index is 0.0374. The summed E-state index contributed by atoms with van der Waals surface area (Å²) < 4.78 is 136. The Hall–Kier alpha value is -7.48. The van der Waals surface area contributed by atoms with Gasteiger partial charge in [0.15, 0.2) is 17.5 Å². The Morgan fingerprint density at radius 1 is 0.323 bits per heavy atom. The summed E-state index contributed by atoms with van der Waals surface area (Å²) >= 11 is 0. The number of halogens is 9. The summed E-state index contributed by atoms with van der Waals surface area (Å²) in [4.78, 5) is 14.3. The van der Waals surface area contributed by atoms with Crippen molar-refractivity contribution in [2.45, 2.75) is 18.5 Å². The molecule has 0 radical (unpaired) electrons. The highest BCUT2D eigenvalue weighted by molar-refractivity contribution is 6.11. The third-order valence-electron chi connectivity index (χ3n) is 10.8. The van der Waals surface area contributed by atoms with Gasteiger partial charge in [-0.15, -0.1) is 0 Å². The number of para-hydroxylation sites is 2. The fourth-order valence-corrected chi connectivity index (χ4v) is 8.14. The van der Waals surface area contributed by atoms with Gasteiger partial charge in [-0.25, -0.2) is 15.0 Å². The van der Waals surface area contributed by atoms with Crippen molar-refractivity contribution in [3.8, 4) is 45.5 Å². The van der Waals surface area contributed by atoms with E-state index in [1.54, 1.807) is 84.9 Å². The first-order chi connectivity index (χ1) is 29.6. The van der Waals surface area contributed by atoms with Crippen molar-refractivity contribution in [3.05, 3.63) is 174 Å². The van der Waals surface area contributed by atoms with Gasteiger partial charge in [-0.2, -0.15) is 39.5 Å². The Bertz CT molecular complexity index is 3160. The molecule has 3 heterocycles. The zero-order valence-corrected chi connectivity index (χ0v) is 31.6. The van der Waals surface area contributed by atoms with Crippen LogP contribution in [0.15, 0.2) is 158 Å². The highest BCUT2D eigenvalue weighted by Gasteiger charge is 2.40. The molecule has 0 atom stereocenters. The van der Waals surface area contributed by atoms with Gasteiger partial charge in [0, 0.05) is 38.2 Å². The second-order valence-corrected chi connectivity index (χ2v) is 14.6. The normalized spacial score (nSPS) is 12.6. The Balaban J connectivity index is 1.38. The van der Waals surface area contributed by atoms with Gasteiger partial charge in [0.2, 0.25) is 0 Å². The topological polar surface area (TPSA) is 48.5 Å². The van der Waals surface area contributed by atoms with E-state index in [1.165, 1.54) is 45.5 Å². The molecule has 0 aliphatic rings. The predicted octanol–water partition coefficient (Wildman–Crippen LogP) is 14.1. The lowest BCUT2D eigenvalue weighted by Crippen LogP contribution is -2.16. The molecule has 0 saturated heterocycles. The van der Waals surface area contributed by atoms with E-state index >= 15 is 13.2 Å². The molecule has 0 fully saturated rings. The van der Waals surface area contributed by atoms with Crippen LogP contribution in [0.25, 0.3) is 89.2 Å². The molecule has 0 aliphatic heterocycles. The number of aromatic nitrogens is 5. The Labute approximate surface area is 345 Å². The molecule has 10 aromatic rings. The molecule has 0 unspecified atom stereocenters. The molecular formula is C48H26F9N5. The summed E-state index contributed by atoms with van der Waals surface area (Å²) in [7, 11) is 0. The van der Waals surface area contributed by atoms with Crippen LogP contribution in [0, 0.1) is 0 Å². The van der Waals surface area contributed by atoms with E-state index in [9.17, 15) is 26.3 Å². The SMILES string of the molecule is FC(F)(F)c1ccc2c(c1)c1ccccc1n2-c1cc(-c2nc(-c3ccccc3)nc(-c3ccccc3)n2)cc(-n2c3ccccc3c3cc(C(F)(F)F)ccc32)c1C(F)(F)F. The maximum absolute atomic E-state index is 16.3. The molecule has 62 heavy (non-hydrogen) atoms. The lowest BCUT2D eigenvalue weighted by molar-refractivity contribution is -0.138. The first-order valence-electron chi connectivity index (χ1n) is 19.0. The third kappa shape index (κ3) is 6.49. The molecule has 14 heteroatoms. The quantitative estimate of drug-likeness (QED) is 0.162. The van der Waals surface area contributed by atoms with Gasteiger partial charge in [-0.3, -0.25) is 0 Å². The second kappa shape index (κ2) is 14.0. The number of fused-ring (bicyclic) bond motifs is 6. The van der Waals surface area contributed by atoms with Crippen LogP contribution in [0.3, 0.4) is 0 Å². The van der Waals surface area contributed by atoms with Crippen LogP contribution in [0.2, 0.25) is 0 Å². The second-order valence-electron chi connectivity index (χ2n) is 14.6. The van der Waals surface area contributed by atoms with Gasteiger partial charge in [0.05, 0.1) is 44.6 Å². The number of hydrogen-bond acceptors (Lipinski definition) is 3. The van der Waals surface area contributed by atoms with Gasteiger partial charge in [-0.1, -0.05) is 97.1 Å². The maximum Gasteiger partial charge on any atom is 0.420 e. The van der Waals surface area contributed by atoms with Crippen molar-refractivity contribution < 1.29 is 39.5 Å². The average Bonchev–Trinajstić information content (AvgIpc) is 3.78. The summed E-state index contributed by atoms with van der Waals surface area (Å²) in [6.07, 6.45) is -14.7. The molecule has 0 bridgehead atoms. The molecule has 0 N–H and O–H groups in total. The Kier molecular flexibility index (Phi) is 8.77. The molecule has 3 aromatic heterocycles. The van der Waals surface area contributed by atoms with Crippen LogP contribution < -0.4 is 0 Å². The van der Waals surface area contributed by atoms with Gasteiger partial charge in [0.1, 0.15) is 5.56 Å². The number of benzene rings is 7. The molecular weight excluding hydrogens is 818 g/mol.